The maximum Gasteiger partial charge on any atom is 0.0521 e. The van der Waals surface area contributed by atoms with Crippen molar-refractivity contribution < 1.29 is 0 Å². The Morgan fingerprint density at radius 2 is 2.18 bits per heavy atom. The summed E-state index contributed by atoms with van der Waals surface area (Å²) < 4.78 is 1.22. The smallest absolute Gasteiger partial charge is 0.0521 e. The second kappa shape index (κ2) is 4.64. The van der Waals surface area contributed by atoms with Crippen LogP contribution in [0.5, 0.6) is 0 Å². The highest BCUT2D eigenvalue weighted by molar-refractivity contribution is 9.10. The lowest BCUT2D eigenvalue weighted by atomic mass is 9.74. The quantitative estimate of drug-likeness (QED) is 0.785. The predicted molar refractivity (Wildman–Crippen MR) is 76.5 cm³/mol. The number of para-hydroxylation sites is 1. The molecule has 1 aromatic carbocycles. The van der Waals surface area contributed by atoms with Gasteiger partial charge in [-0.05, 0) is 52.2 Å². The third-order valence-electron chi connectivity index (χ3n) is 4.49. The first-order chi connectivity index (χ1) is 8.25. The van der Waals surface area contributed by atoms with Gasteiger partial charge in [-0.25, -0.2) is 0 Å². The van der Waals surface area contributed by atoms with Gasteiger partial charge in [-0.1, -0.05) is 31.9 Å². The van der Waals surface area contributed by atoms with Crippen molar-refractivity contribution >= 4 is 21.6 Å². The van der Waals surface area contributed by atoms with Crippen LogP contribution < -0.4 is 5.32 Å². The van der Waals surface area contributed by atoms with E-state index in [4.69, 9.17) is 0 Å². The summed E-state index contributed by atoms with van der Waals surface area (Å²) >= 11 is 3.65. The molecule has 2 aliphatic rings. The molecule has 3 atom stereocenters. The van der Waals surface area contributed by atoms with E-state index < -0.39 is 0 Å². The van der Waals surface area contributed by atoms with Crippen molar-refractivity contribution in [2.45, 2.75) is 38.5 Å². The van der Waals surface area contributed by atoms with Crippen LogP contribution in [-0.4, -0.2) is 6.54 Å². The van der Waals surface area contributed by atoms with Crippen molar-refractivity contribution in [2.75, 3.05) is 11.9 Å². The Morgan fingerprint density at radius 3 is 3.00 bits per heavy atom. The van der Waals surface area contributed by atoms with Crippen molar-refractivity contribution in [1.29, 1.82) is 0 Å². The van der Waals surface area contributed by atoms with Crippen molar-refractivity contribution in [3.8, 4) is 0 Å². The number of hydrogen-bond acceptors (Lipinski definition) is 1. The Hall–Kier alpha value is -0.500. The van der Waals surface area contributed by atoms with Gasteiger partial charge >= 0.3 is 0 Å². The summed E-state index contributed by atoms with van der Waals surface area (Å²) in [4.78, 5) is 0. The summed E-state index contributed by atoms with van der Waals surface area (Å²) in [5.74, 6) is 2.55. The van der Waals surface area contributed by atoms with Gasteiger partial charge in [-0.3, -0.25) is 0 Å². The number of anilines is 1. The normalized spacial score (nSPS) is 32.0. The van der Waals surface area contributed by atoms with Gasteiger partial charge < -0.3 is 5.32 Å². The van der Waals surface area contributed by atoms with Crippen LogP contribution in [0, 0.1) is 11.8 Å². The highest BCUT2D eigenvalue weighted by Crippen LogP contribution is 2.45. The largest absolute Gasteiger partial charge is 0.383 e. The van der Waals surface area contributed by atoms with Gasteiger partial charge in [0.25, 0.3) is 0 Å². The van der Waals surface area contributed by atoms with Crippen LogP contribution in [0.2, 0.25) is 0 Å². The van der Waals surface area contributed by atoms with Gasteiger partial charge in [0.1, 0.15) is 0 Å². The van der Waals surface area contributed by atoms with Crippen LogP contribution in [-0.2, 0) is 0 Å². The van der Waals surface area contributed by atoms with Gasteiger partial charge in [-0.15, -0.1) is 0 Å². The molecule has 1 fully saturated rings. The van der Waals surface area contributed by atoms with E-state index in [9.17, 15) is 0 Å². The molecular weight excluding hydrogens is 274 g/mol. The number of halogens is 1. The van der Waals surface area contributed by atoms with Crippen LogP contribution >= 0.6 is 15.9 Å². The average Bonchev–Trinajstić information content (AvgIpc) is 2.74. The Morgan fingerprint density at radius 1 is 1.29 bits per heavy atom. The van der Waals surface area contributed by atoms with E-state index in [0.29, 0.717) is 0 Å². The van der Waals surface area contributed by atoms with Gasteiger partial charge in [-0.2, -0.15) is 0 Å². The molecule has 0 amide bonds. The molecule has 0 bridgehead atoms. The number of rotatable bonds is 1. The van der Waals surface area contributed by atoms with Gasteiger partial charge in [0.05, 0.1) is 5.69 Å². The Kier molecular flexibility index (Phi) is 3.16. The molecule has 0 radical (unpaired) electrons. The molecule has 1 aliphatic heterocycles. The summed E-state index contributed by atoms with van der Waals surface area (Å²) in [6, 6.07) is 6.62. The summed E-state index contributed by atoms with van der Waals surface area (Å²) in [6.45, 7) is 3.55. The van der Waals surface area contributed by atoms with Crippen molar-refractivity contribution in [1.82, 2.24) is 0 Å². The zero-order valence-electron chi connectivity index (χ0n) is 10.4. The molecule has 1 nitrogen and oxygen atoms in total. The van der Waals surface area contributed by atoms with Gasteiger partial charge in [0.2, 0.25) is 0 Å². The highest BCUT2D eigenvalue weighted by atomic mass is 79.9. The molecule has 1 heterocycles. The predicted octanol–water partition coefficient (Wildman–Crippen LogP) is 4.78. The minimum Gasteiger partial charge on any atom is -0.383 e. The first-order valence-corrected chi connectivity index (χ1v) is 7.57. The molecule has 1 N–H and O–H groups in total. The molecule has 3 rings (SSSR count). The van der Waals surface area contributed by atoms with E-state index in [1.54, 1.807) is 5.56 Å². The monoisotopic (exact) mass is 293 g/mol. The van der Waals surface area contributed by atoms with E-state index in [-0.39, 0.29) is 0 Å². The first-order valence-electron chi connectivity index (χ1n) is 6.78. The molecule has 0 aromatic heterocycles. The molecule has 92 valence electrons. The number of hydrogen-bond donors (Lipinski definition) is 1. The van der Waals surface area contributed by atoms with Crippen LogP contribution in [0.3, 0.4) is 0 Å². The van der Waals surface area contributed by atoms with Crippen LogP contribution in [0.25, 0.3) is 0 Å². The number of nitrogens with one attached hydrogen (secondary N) is 1. The van der Waals surface area contributed by atoms with E-state index in [1.165, 1.54) is 35.8 Å². The van der Waals surface area contributed by atoms with E-state index in [2.05, 4.69) is 46.4 Å². The van der Waals surface area contributed by atoms with Crippen LogP contribution in [0.4, 0.5) is 5.69 Å². The Bertz CT molecular complexity index is 415. The lowest BCUT2D eigenvalue weighted by molar-refractivity contribution is 0.253. The van der Waals surface area contributed by atoms with E-state index in [0.717, 1.165) is 24.3 Å². The van der Waals surface area contributed by atoms with Crippen molar-refractivity contribution in [3.63, 3.8) is 0 Å². The molecule has 2 heteroatoms. The summed E-state index contributed by atoms with van der Waals surface area (Å²) in [5.41, 5.74) is 2.88. The van der Waals surface area contributed by atoms with Crippen molar-refractivity contribution in [2.24, 2.45) is 11.8 Å². The number of benzene rings is 1. The molecule has 3 unspecified atom stereocenters. The third-order valence-corrected chi connectivity index (χ3v) is 5.15. The highest BCUT2D eigenvalue weighted by Gasteiger charge is 2.32. The fraction of sp³-hybridized carbons (Fsp3) is 0.600. The lowest BCUT2D eigenvalue weighted by Crippen LogP contribution is -2.21. The van der Waals surface area contributed by atoms with Crippen LogP contribution in [0.1, 0.15) is 44.1 Å². The number of fused-ring (bicyclic) bond motifs is 1. The van der Waals surface area contributed by atoms with E-state index in [1.807, 2.05) is 0 Å². The second-order valence-electron chi connectivity index (χ2n) is 5.72. The lowest BCUT2D eigenvalue weighted by Gasteiger charge is -2.31. The van der Waals surface area contributed by atoms with Crippen molar-refractivity contribution in [3.05, 3.63) is 28.2 Å². The maximum absolute atomic E-state index is 3.65. The maximum atomic E-state index is 3.65. The molecular formula is C15H20BrN. The molecule has 0 saturated heterocycles. The summed E-state index contributed by atoms with van der Waals surface area (Å²) in [5, 5.41) is 3.58. The second-order valence-corrected chi connectivity index (χ2v) is 6.58. The Balaban J connectivity index is 1.85. The minimum absolute atomic E-state index is 0.741. The summed E-state index contributed by atoms with van der Waals surface area (Å²) in [7, 11) is 0. The zero-order valence-corrected chi connectivity index (χ0v) is 12.0. The SMILES string of the molecule is CC1CCCC(C2CNc3c(Br)cccc32)C1. The molecule has 1 aliphatic carbocycles. The fourth-order valence-electron chi connectivity index (χ4n) is 3.63. The topological polar surface area (TPSA) is 12.0 Å². The standard InChI is InChI=1S/C15H20BrN/c1-10-4-2-5-11(8-10)13-9-17-15-12(13)6-3-7-14(15)16/h3,6-7,10-11,13,17H,2,4-5,8-9H2,1H3. The first kappa shape index (κ1) is 11.6. The van der Waals surface area contributed by atoms with Gasteiger partial charge in [0, 0.05) is 16.9 Å². The van der Waals surface area contributed by atoms with Crippen LogP contribution in [0.15, 0.2) is 22.7 Å². The molecule has 0 spiro atoms. The average molecular weight is 294 g/mol. The third kappa shape index (κ3) is 2.12. The Labute approximate surface area is 112 Å². The van der Waals surface area contributed by atoms with Gasteiger partial charge in [0.15, 0.2) is 0 Å². The minimum atomic E-state index is 0.741. The van der Waals surface area contributed by atoms with E-state index >= 15 is 0 Å². The summed E-state index contributed by atoms with van der Waals surface area (Å²) in [6.07, 6.45) is 5.69. The molecule has 1 saturated carbocycles. The fourth-order valence-corrected chi connectivity index (χ4v) is 4.15. The molecule has 1 aromatic rings. The molecule has 17 heavy (non-hydrogen) atoms. The zero-order chi connectivity index (χ0) is 11.8.